The fourth-order valence-electron chi connectivity index (χ4n) is 3.80. The summed E-state index contributed by atoms with van der Waals surface area (Å²) in [5.41, 5.74) is 4.62. The predicted molar refractivity (Wildman–Crippen MR) is 108 cm³/mol. The molecular formula is C23H21NO3. The smallest absolute Gasteiger partial charge is 0.336 e. The number of fused-ring (bicyclic) bond motifs is 3. The number of allylic oxidation sites excluding steroid dienone is 1. The number of methoxy groups -OCH3 is 2. The Hall–Kier alpha value is -3.27. The van der Waals surface area contributed by atoms with E-state index in [0.717, 1.165) is 38.9 Å². The molecule has 4 nitrogen and oxygen atoms in total. The van der Waals surface area contributed by atoms with E-state index in [2.05, 4.69) is 29.6 Å². The van der Waals surface area contributed by atoms with Gasteiger partial charge in [-0.1, -0.05) is 42.5 Å². The molecule has 1 unspecified atom stereocenters. The second kappa shape index (κ2) is 6.80. The van der Waals surface area contributed by atoms with E-state index in [1.54, 1.807) is 7.11 Å². The maximum atomic E-state index is 12.7. The third-order valence-electron chi connectivity index (χ3n) is 5.15. The zero-order valence-electron chi connectivity index (χ0n) is 15.6. The summed E-state index contributed by atoms with van der Waals surface area (Å²) < 4.78 is 10.4. The second-order valence-corrected chi connectivity index (χ2v) is 6.59. The summed E-state index contributed by atoms with van der Waals surface area (Å²) in [5.74, 6) is 0.459. The van der Waals surface area contributed by atoms with E-state index < -0.39 is 0 Å². The number of anilines is 1. The van der Waals surface area contributed by atoms with Gasteiger partial charge in [0, 0.05) is 11.3 Å². The Bertz CT molecular complexity index is 1050. The van der Waals surface area contributed by atoms with Crippen molar-refractivity contribution in [3.05, 3.63) is 77.4 Å². The maximum absolute atomic E-state index is 12.7. The van der Waals surface area contributed by atoms with Gasteiger partial charge in [0.1, 0.15) is 5.75 Å². The van der Waals surface area contributed by atoms with Crippen LogP contribution in [0, 0.1) is 0 Å². The van der Waals surface area contributed by atoms with E-state index in [1.165, 1.54) is 7.11 Å². The first kappa shape index (κ1) is 17.2. The van der Waals surface area contributed by atoms with Crippen molar-refractivity contribution in [1.29, 1.82) is 0 Å². The van der Waals surface area contributed by atoms with E-state index >= 15 is 0 Å². The van der Waals surface area contributed by atoms with E-state index in [4.69, 9.17) is 9.47 Å². The van der Waals surface area contributed by atoms with Crippen molar-refractivity contribution in [1.82, 2.24) is 0 Å². The van der Waals surface area contributed by atoms with Crippen molar-refractivity contribution >= 4 is 28.0 Å². The molecule has 4 heteroatoms. The van der Waals surface area contributed by atoms with Crippen LogP contribution in [0.1, 0.15) is 24.1 Å². The standard InChI is InChI=1S/C23H21NO3/c1-14-20-18-7-5-4-6-15(18)10-13-19(20)24-22(21(14)23(25)27-3)16-8-11-17(26-2)12-9-16/h4-13,22,24H,1-3H3. The summed E-state index contributed by atoms with van der Waals surface area (Å²) in [7, 11) is 3.06. The Morgan fingerprint density at radius 2 is 1.70 bits per heavy atom. The zero-order valence-corrected chi connectivity index (χ0v) is 15.6. The number of esters is 1. The number of carbonyl (C=O) groups excluding carboxylic acids is 1. The highest BCUT2D eigenvalue weighted by molar-refractivity contribution is 6.08. The molecule has 4 rings (SSSR count). The minimum Gasteiger partial charge on any atom is -0.497 e. The molecule has 3 aromatic rings. The van der Waals surface area contributed by atoms with Crippen LogP contribution in [0.15, 0.2) is 66.2 Å². The Morgan fingerprint density at radius 1 is 0.963 bits per heavy atom. The third-order valence-corrected chi connectivity index (χ3v) is 5.15. The molecule has 0 bridgehead atoms. The predicted octanol–water partition coefficient (Wildman–Crippen LogP) is 4.96. The van der Waals surface area contributed by atoms with Gasteiger partial charge >= 0.3 is 5.97 Å². The molecule has 1 atom stereocenters. The number of rotatable bonds is 3. The molecule has 3 aromatic carbocycles. The van der Waals surface area contributed by atoms with Gasteiger partial charge in [0.2, 0.25) is 0 Å². The first-order valence-corrected chi connectivity index (χ1v) is 8.85. The molecule has 0 radical (unpaired) electrons. The van der Waals surface area contributed by atoms with Gasteiger partial charge in [-0.15, -0.1) is 0 Å². The molecule has 0 spiro atoms. The lowest BCUT2D eigenvalue weighted by Gasteiger charge is -2.31. The number of hydrogen-bond acceptors (Lipinski definition) is 4. The van der Waals surface area contributed by atoms with Gasteiger partial charge in [-0.2, -0.15) is 0 Å². The third kappa shape index (κ3) is 2.83. The van der Waals surface area contributed by atoms with Crippen molar-refractivity contribution in [3.8, 4) is 5.75 Å². The molecule has 1 N–H and O–H groups in total. The average molecular weight is 359 g/mol. The van der Waals surface area contributed by atoms with Crippen LogP contribution in [-0.4, -0.2) is 20.2 Å². The first-order chi connectivity index (χ1) is 13.1. The van der Waals surface area contributed by atoms with Gasteiger partial charge < -0.3 is 14.8 Å². The van der Waals surface area contributed by atoms with Crippen molar-refractivity contribution in [2.24, 2.45) is 0 Å². The van der Waals surface area contributed by atoms with Crippen LogP contribution >= 0.6 is 0 Å². The van der Waals surface area contributed by atoms with Crippen LogP contribution in [0.3, 0.4) is 0 Å². The molecule has 1 heterocycles. The molecule has 1 aliphatic rings. The molecule has 0 aliphatic carbocycles. The van der Waals surface area contributed by atoms with Crippen molar-refractivity contribution in [2.75, 3.05) is 19.5 Å². The van der Waals surface area contributed by atoms with E-state index in [9.17, 15) is 4.79 Å². The number of benzene rings is 3. The molecule has 0 saturated carbocycles. The lowest BCUT2D eigenvalue weighted by molar-refractivity contribution is -0.136. The summed E-state index contributed by atoms with van der Waals surface area (Å²) >= 11 is 0. The quantitative estimate of drug-likeness (QED) is 0.671. The maximum Gasteiger partial charge on any atom is 0.336 e. The number of hydrogen-bond donors (Lipinski definition) is 1. The van der Waals surface area contributed by atoms with Gasteiger partial charge in [0.05, 0.1) is 25.8 Å². The zero-order chi connectivity index (χ0) is 19.0. The fraction of sp³-hybridized carbons (Fsp3) is 0.174. The molecule has 136 valence electrons. The summed E-state index contributed by atoms with van der Waals surface area (Å²) in [6.45, 7) is 1.99. The SMILES string of the molecule is COC(=O)C1=C(C)c2c(ccc3ccccc23)NC1c1ccc(OC)cc1. The summed E-state index contributed by atoms with van der Waals surface area (Å²) in [4.78, 5) is 12.7. The summed E-state index contributed by atoms with van der Waals surface area (Å²) in [6, 6.07) is 19.8. The highest BCUT2D eigenvalue weighted by Gasteiger charge is 2.32. The Morgan fingerprint density at radius 3 is 2.41 bits per heavy atom. The van der Waals surface area contributed by atoms with Crippen LogP contribution < -0.4 is 10.1 Å². The van der Waals surface area contributed by atoms with Crippen LogP contribution in [0.5, 0.6) is 5.75 Å². The van der Waals surface area contributed by atoms with Gasteiger partial charge in [0.15, 0.2) is 0 Å². The average Bonchev–Trinajstić information content (AvgIpc) is 2.72. The molecule has 0 saturated heterocycles. The lowest BCUT2D eigenvalue weighted by atomic mass is 9.85. The molecule has 1 aliphatic heterocycles. The van der Waals surface area contributed by atoms with Crippen molar-refractivity contribution in [2.45, 2.75) is 13.0 Å². The Labute approximate surface area is 158 Å². The highest BCUT2D eigenvalue weighted by atomic mass is 16.5. The van der Waals surface area contributed by atoms with Crippen LogP contribution in [0.4, 0.5) is 5.69 Å². The van der Waals surface area contributed by atoms with E-state index in [0.29, 0.717) is 5.57 Å². The minimum absolute atomic E-state index is 0.281. The van der Waals surface area contributed by atoms with Gasteiger partial charge in [0.25, 0.3) is 0 Å². The highest BCUT2D eigenvalue weighted by Crippen LogP contribution is 2.43. The number of carbonyl (C=O) groups is 1. The fourth-order valence-corrected chi connectivity index (χ4v) is 3.80. The molecule has 0 aromatic heterocycles. The van der Waals surface area contributed by atoms with Crippen LogP contribution in [0.25, 0.3) is 16.3 Å². The van der Waals surface area contributed by atoms with Crippen LogP contribution in [-0.2, 0) is 9.53 Å². The molecule has 0 amide bonds. The normalized spacial score (nSPS) is 15.9. The van der Waals surface area contributed by atoms with Gasteiger partial charge in [-0.05, 0) is 47.0 Å². The van der Waals surface area contributed by atoms with Crippen molar-refractivity contribution in [3.63, 3.8) is 0 Å². The Balaban J connectivity index is 1.93. The van der Waals surface area contributed by atoms with E-state index in [-0.39, 0.29) is 12.0 Å². The largest absolute Gasteiger partial charge is 0.497 e. The minimum atomic E-state index is -0.320. The van der Waals surface area contributed by atoms with Gasteiger partial charge in [-0.25, -0.2) is 4.79 Å². The lowest BCUT2D eigenvalue weighted by Crippen LogP contribution is -2.25. The Kier molecular flexibility index (Phi) is 4.32. The number of nitrogens with one attached hydrogen (secondary N) is 1. The summed E-state index contributed by atoms with van der Waals surface area (Å²) in [5, 5.41) is 5.80. The summed E-state index contributed by atoms with van der Waals surface area (Å²) in [6.07, 6.45) is 0. The van der Waals surface area contributed by atoms with E-state index in [1.807, 2.05) is 43.3 Å². The van der Waals surface area contributed by atoms with Gasteiger partial charge in [-0.3, -0.25) is 0 Å². The van der Waals surface area contributed by atoms with Crippen LogP contribution in [0.2, 0.25) is 0 Å². The molecule has 27 heavy (non-hydrogen) atoms. The van der Waals surface area contributed by atoms with Crippen molar-refractivity contribution < 1.29 is 14.3 Å². The number of ether oxygens (including phenoxy) is 2. The monoisotopic (exact) mass is 359 g/mol. The topological polar surface area (TPSA) is 47.6 Å². The molecule has 0 fully saturated rings. The second-order valence-electron chi connectivity index (χ2n) is 6.59. The first-order valence-electron chi connectivity index (χ1n) is 8.85. The molecular weight excluding hydrogens is 338 g/mol.